The summed E-state index contributed by atoms with van der Waals surface area (Å²) < 4.78 is 0. The minimum Gasteiger partial charge on any atom is -0.472 e. The van der Waals surface area contributed by atoms with Crippen molar-refractivity contribution in [3.8, 4) is 11.8 Å². The highest BCUT2D eigenvalue weighted by atomic mass is 33.4. The summed E-state index contributed by atoms with van der Waals surface area (Å²) in [6.45, 7) is 1.48. The van der Waals surface area contributed by atoms with Crippen LogP contribution in [-0.4, -0.2) is 11.1 Å². The van der Waals surface area contributed by atoms with E-state index in [9.17, 15) is 4.79 Å². The largest absolute Gasteiger partial charge is 0.472 e. The number of carbonyl (C=O) groups is 1. The predicted octanol–water partition coefficient (Wildman–Crippen LogP) is 0.0703. The summed E-state index contributed by atoms with van der Waals surface area (Å²) >= 11 is 9.31. The van der Waals surface area contributed by atoms with Crippen LogP contribution in [0, 0.1) is 11.8 Å². The maximum atomic E-state index is 9.43. The molecular formula is C4H4O2S10. The maximum Gasteiger partial charge on any atom is 0.381 e. The van der Waals surface area contributed by atoms with E-state index in [2.05, 4.69) is 28.3 Å². The van der Waals surface area contributed by atoms with Gasteiger partial charge in [0, 0.05) is 99.3 Å². The first-order valence-corrected chi connectivity index (χ1v) is 14.9. The van der Waals surface area contributed by atoms with Crippen LogP contribution in [0.3, 0.4) is 0 Å². The third kappa shape index (κ3) is 24.5. The fourth-order valence-electron chi connectivity index (χ4n) is 0.175. The number of hydrogen-bond donors (Lipinski definition) is 1. The Hall–Kier alpha value is 1.23. The molecule has 0 saturated heterocycles. The zero-order valence-electron chi connectivity index (χ0n) is 7.44. The molecule has 1 N–H and O–H groups in total. The van der Waals surface area contributed by atoms with Gasteiger partial charge in [0.1, 0.15) is 0 Å². The molecular weight excluding hydrogens is 401 g/mol. The molecule has 0 atom stereocenters. The van der Waals surface area contributed by atoms with Gasteiger partial charge in [-0.2, -0.15) is 0 Å². The van der Waals surface area contributed by atoms with Gasteiger partial charge < -0.3 is 5.11 Å². The molecule has 0 aliphatic heterocycles. The zero-order chi connectivity index (χ0) is 12.6. The molecule has 0 rings (SSSR count). The molecule has 0 heterocycles. The Morgan fingerprint density at radius 1 is 1.00 bits per heavy atom. The third-order valence-electron chi connectivity index (χ3n) is 0.426. The predicted molar refractivity (Wildman–Crippen MR) is 94.7 cm³/mol. The highest BCUT2D eigenvalue weighted by molar-refractivity contribution is 8.73. The molecule has 0 amide bonds. The Morgan fingerprint density at radius 3 is 1.56 bits per heavy atom. The summed E-state index contributed by atoms with van der Waals surface area (Å²) in [7, 11) is 12.7. The summed E-state index contributed by atoms with van der Waals surface area (Å²) in [4.78, 5) is 9.43. The van der Waals surface area contributed by atoms with Gasteiger partial charge in [-0.25, -0.2) is 4.79 Å². The molecule has 0 bridgehead atoms. The smallest absolute Gasteiger partial charge is 0.381 e. The number of carboxylic acid groups (broad SMARTS) is 1. The van der Waals surface area contributed by atoms with Crippen LogP contribution in [0.1, 0.15) is 6.92 Å². The van der Waals surface area contributed by atoms with E-state index in [0.29, 0.717) is 0 Å². The maximum absolute atomic E-state index is 9.43. The molecule has 0 saturated carbocycles. The van der Waals surface area contributed by atoms with Crippen LogP contribution in [0.25, 0.3) is 0 Å². The van der Waals surface area contributed by atoms with E-state index in [1.807, 2.05) is 5.92 Å². The summed E-state index contributed by atoms with van der Waals surface area (Å²) in [6.07, 6.45) is 0. The van der Waals surface area contributed by atoms with Gasteiger partial charge in [-0.1, -0.05) is 5.92 Å². The van der Waals surface area contributed by atoms with Gasteiger partial charge in [0.05, 0.1) is 0 Å². The van der Waals surface area contributed by atoms with Crippen molar-refractivity contribution in [3.63, 3.8) is 0 Å². The normalized spacial score (nSPS) is 6.31. The van der Waals surface area contributed by atoms with Gasteiger partial charge in [-0.05, 0) is 6.92 Å². The Balaban J connectivity index is 0. The first kappa shape index (κ1) is 19.6. The Bertz CT molecular complexity index is 549. The van der Waals surface area contributed by atoms with Crippen molar-refractivity contribution in [2.45, 2.75) is 6.92 Å². The number of carboxylic acids is 1. The Kier molecular flexibility index (Phi) is 22.7. The van der Waals surface area contributed by atoms with Gasteiger partial charge in [0.25, 0.3) is 0 Å². The SMILES string of the molecule is CC#CC(=O)O.S=S=S=S=S=S=S=S=S=S. The van der Waals surface area contributed by atoms with Crippen LogP contribution < -0.4 is 0 Å². The second kappa shape index (κ2) is 18.6. The van der Waals surface area contributed by atoms with Gasteiger partial charge in [-0.15, -0.1) is 0 Å². The zero-order valence-corrected chi connectivity index (χ0v) is 15.6. The molecule has 0 fully saturated rings. The summed E-state index contributed by atoms with van der Waals surface area (Å²) in [6, 6.07) is 0. The first-order chi connectivity index (χ1) is 7.68. The van der Waals surface area contributed by atoms with Crippen LogP contribution in [0.4, 0.5) is 0 Å². The quantitative estimate of drug-likeness (QED) is 0.580. The van der Waals surface area contributed by atoms with E-state index < -0.39 is 5.97 Å². The molecule has 12 heteroatoms. The second-order valence-electron chi connectivity index (χ2n) is 1.22. The molecule has 0 aliphatic rings. The van der Waals surface area contributed by atoms with Crippen molar-refractivity contribution in [2.24, 2.45) is 0 Å². The number of rotatable bonds is 0. The fourth-order valence-corrected chi connectivity index (χ4v) is 16.6. The van der Waals surface area contributed by atoms with E-state index in [4.69, 9.17) is 5.11 Å². The number of hydrogen-bond acceptors (Lipinski definition) is 3. The van der Waals surface area contributed by atoms with Crippen LogP contribution in [0.2, 0.25) is 0 Å². The van der Waals surface area contributed by atoms with Crippen LogP contribution in [-0.2, 0) is 98.2 Å². The standard InChI is InChI=1S/C4H4O2.S10/c1-2-3-4(5)6;1-3-5-7-9-10-8-6-4-2/h1H3,(H,5,6);. The highest BCUT2D eigenvalue weighted by Gasteiger charge is 1.76. The lowest BCUT2D eigenvalue weighted by molar-refractivity contribution is -0.130. The third-order valence-corrected chi connectivity index (χ3v) is 16.0. The minimum absolute atomic E-state index is 1.07. The van der Waals surface area contributed by atoms with Crippen LogP contribution in [0.15, 0.2) is 0 Å². The summed E-state index contributed by atoms with van der Waals surface area (Å²) in [5.74, 6) is 3.02. The minimum atomic E-state index is -1.07. The van der Waals surface area contributed by atoms with Crippen LogP contribution >= 0.6 is 0 Å². The van der Waals surface area contributed by atoms with Gasteiger partial charge in [0.2, 0.25) is 0 Å². The average molecular weight is 405 g/mol. The topological polar surface area (TPSA) is 37.3 Å². The van der Waals surface area contributed by atoms with Crippen molar-refractivity contribution in [1.82, 2.24) is 0 Å². The lowest BCUT2D eigenvalue weighted by atomic mass is 10.6. The molecule has 0 aliphatic carbocycles. The molecule has 16 heavy (non-hydrogen) atoms. The molecule has 2 nitrogen and oxygen atoms in total. The first-order valence-electron chi connectivity index (χ1n) is 2.93. The Labute approximate surface area is 126 Å². The van der Waals surface area contributed by atoms with E-state index in [0.717, 1.165) is 0 Å². The molecule has 0 radical (unpaired) electrons. The molecule has 0 aromatic heterocycles. The highest BCUT2D eigenvalue weighted by Crippen LogP contribution is 1.51. The van der Waals surface area contributed by atoms with E-state index in [1.165, 1.54) is 24.7 Å². The monoisotopic (exact) mass is 404 g/mol. The summed E-state index contributed by atoms with van der Waals surface area (Å²) in [5, 5.41) is 7.74. The number of aliphatic carboxylic acids is 1. The van der Waals surface area contributed by atoms with Crippen molar-refractivity contribution < 1.29 is 9.90 Å². The lowest BCUT2D eigenvalue weighted by Crippen LogP contribution is -1.84. The van der Waals surface area contributed by atoms with Crippen molar-refractivity contribution >= 4 is 99.4 Å². The van der Waals surface area contributed by atoms with Crippen molar-refractivity contribution in [1.29, 1.82) is 0 Å². The fraction of sp³-hybridized carbons (Fsp3) is 0.250. The van der Waals surface area contributed by atoms with Crippen LogP contribution in [0.5, 0.6) is 0 Å². The van der Waals surface area contributed by atoms with Crippen molar-refractivity contribution in [3.05, 3.63) is 0 Å². The lowest BCUT2D eigenvalue weighted by Gasteiger charge is -1.63. The molecule has 92 valence electrons. The van der Waals surface area contributed by atoms with E-state index >= 15 is 0 Å². The molecule has 0 aromatic rings. The van der Waals surface area contributed by atoms with E-state index in [1.54, 1.807) is 53.3 Å². The Morgan fingerprint density at radius 2 is 1.38 bits per heavy atom. The van der Waals surface area contributed by atoms with E-state index in [-0.39, 0.29) is 0 Å². The average Bonchev–Trinajstić information content (AvgIpc) is 2.24. The molecule has 0 spiro atoms. The molecule has 0 aromatic carbocycles. The van der Waals surface area contributed by atoms with Crippen molar-refractivity contribution in [2.75, 3.05) is 0 Å². The summed E-state index contributed by atoms with van der Waals surface area (Å²) in [5.41, 5.74) is 0. The van der Waals surface area contributed by atoms with Gasteiger partial charge >= 0.3 is 5.97 Å². The second-order valence-corrected chi connectivity index (χ2v) is 15.4. The van der Waals surface area contributed by atoms with Gasteiger partial charge in [-0.3, -0.25) is 0 Å². The van der Waals surface area contributed by atoms with Gasteiger partial charge in [0.15, 0.2) is 0 Å². The molecule has 0 unspecified atom stereocenters.